The molecule has 0 amide bonds. The Morgan fingerprint density at radius 1 is 1.03 bits per heavy atom. The van der Waals surface area contributed by atoms with Crippen molar-refractivity contribution in [3.63, 3.8) is 0 Å². The molecule has 0 bridgehead atoms. The Kier molecular flexibility index (Phi) is 6.52. The lowest BCUT2D eigenvalue weighted by Crippen LogP contribution is -2.69. The van der Waals surface area contributed by atoms with Crippen LogP contribution in [0, 0.1) is 0 Å². The minimum absolute atomic E-state index is 0.221. The zero-order chi connectivity index (χ0) is 22.9. The second-order valence-corrected chi connectivity index (χ2v) is 8.16. The van der Waals surface area contributed by atoms with Gasteiger partial charge in [0.2, 0.25) is 6.29 Å². The maximum atomic E-state index is 10.9. The standard InChI is InChI=1S/C24H29NO7/c1-2-14-6-8-15(9-7-14)10-11-16-12-25-17-4-3-5-18(20(16)17)32-24(30)22(28)21(27)19(13-26)31-23(24)29/h3-9,12,19,21-23,25-30H,2,10-11,13H2,1H3/t19-,21-,22+,23+,24+/m1/s1. The molecule has 1 fully saturated rings. The van der Waals surface area contributed by atoms with E-state index in [1.807, 2.05) is 12.3 Å². The highest BCUT2D eigenvalue weighted by atomic mass is 16.7. The molecule has 172 valence electrons. The first-order valence-electron chi connectivity index (χ1n) is 10.8. The van der Waals surface area contributed by atoms with E-state index in [-0.39, 0.29) is 5.75 Å². The summed E-state index contributed by atoms with van der Waals surface area (Å²) in [6, 6.07) is 13.6. The first kappa shape index (κ1) is 22.7. The van der Waals surface area contributed by atoms with Gasteiger partial charge in [0.25, 0.3) is 5.79 Å². The van der Waals surface area contributed by atoms with Crippen LogP contribution in [0.4, 0.5) is 0 Å². The van der Waals surface area contributed by atoms with Gasteiger partial charge in [0, 0.05) is 17.1 Å². The maximum Gasteiger partial charge on any atom is 0.288 e. The van der Waals surface area contributed by atoms with E-state index in [9.17, 15) is 25.5 Å². The van der Waals surface area contributed by atoms with Crippen molar-refractivity contribution in [1.82, 2.24) is 4.98 Å². The number of aryl methyl sites for hydroxylation is 3. The summed E-state index contributed by atoms with van der Waals surface area (Å²) in [7, 11) is 0. The molecule has 32 heavy (non-hydrogen) atoms. The number of aromatic amines is 1. The van der Waals surface area contributed by atoms with Gasteiger partial charge in [-0.25, -0.2) is 0 Å². The van der Waals surface area contributed by atoms with Crippen LogP contribution in [-0.4, -0.2) is 67.5 Å². The molecule has 1 aliphatic rings. The lowest BCUT2D eigenvalue weighted by atomic mass is 9.95. The Balaban J connectivity index is 1.60. The fourth-order valence-electron chi connectivity index (χ4n) is 4.10. The summed E-state index contributed by atoms with van der Waals surface area (Å²) in [5.41, 5.74) is 4.17. The highest BCUT2D eigenvalue weighted by molar-refractivity contribution is 5.89. The van der Waals surface area contributed by atoms with E-state index in [0.29, 0.717) is 11.8 Å². The molecule has 0 spiro atoms. The molecule has 0 saturated carbocycles. The third-order valence-electron chi connectivity index (χ3n) is 6.10. The van der Waals surface area contributed by atoms with Gasteiger partial charge >= 0.3 is 0 Å². The second kappa shape index (κ2) is 9.19. The largest absolute Gasteiger partial charge is 0.454 e. The number of aromatic nitrogens is 1. The van der Waals surface area contributed by atoms with Crippen molar-refractivity contribution in [3.05, 3.63) is 65.4 Å². The van der Waals surface area contributed by atoms with Crippen molar-refractivity contribution in [2.24, 2.45) is 0 Å². The second-order valence-electron chi connectivity index (χ2n) is 8.16. The molecule has 8 heteroatoms. The fourth-order valence-corrected chi connectivity index (χ4v) is 4.10. The van der Waals surface area contributed by atoms with E-state index in [4.69, 9.17) is 9.47 Å². The number of aliphatic hydroxyl groups excluding tert-OH is 4. The molecule has 5 atom stereocenters. The average molecular weight is 443 g/mol. The summed E-state index contributed by atoms with van der Waals surface area (Å²) >= 11 is 0. The van der Waals surface area contributed by atoms with Crippen LogP contribution in [0.2, 0.25) is 0 Å². The highest BCUT2D eigenvalue weighted by Gasteiger charge is 2.57. The molecular formula is C24H29NO7. The zero-order valence-corrected chi connectivity index (χ0v) is 17.8. The Hall–Kier alpha value is -2.46. The molecule has 1 aromatic heterocycles. The van der Waals surface area contributed by atoms with Gasteiger partial charge in [-0.2, -0.15) is 0 Å². The molecule has 2 heterocycles. The van der Waals surface area contributed by atoms with Gasteiger partial charge in [0.05, 0.1) is 6.61 Å². The van der Waals surface area contributed by atoms with E-state index in [1.165, 1.54) is 11.1 Å². The van der Waals surface area contributed by atoms with Gasteiger partial charge in [-0.1, -0.05) is 37.3 Å². The molecule has 0 aliphatic carbocycles. The van der Waals surface area contributed by atoms with Crippen LogP contribution in [-0.2, 0) is 24.0 Å². The van der Waals surface area contributed by atoms with E-state index >= 15 is 0 Å². The molecule has 1 aliphatic heterocycles. The van der Waals surface area contributed by atoms with Crippen molar-refractivity contribution in [2.45, 2.75) is 56.6 Å². The number of H-pyrrole nitrogens is 1. The summed E-state index contributed by atoms with van der Waals surface area (Å²) in [5, 5.41) is 51.7. The van der Waals surface area contributed by atoms with Crippen molar-refractivity contribution in [1.29, 1.82) is 0 Å². The predicted molar refractivity (Wildman–Crippen MR) is 117 cm³/mol. The van der Waals surface area contributed by atoms with Gasteiger partial charge in [0.15, 0.2) is 6.10 Å². The zero-order valence-electron chi connectivity index (χ0n) is 17.8. The Morgan fingerprint density at radius 2 is 1.75 bits per heavy atom. The summed E-state index contributed by atoms with van der Waals surface area (Å²) < 4.78 is 10.8. The smallest absolute Gasteiger partial charge is 0.288 e. The van der Waals surface area contributed by atoms with Gasteiger partial charge in [-0.3, -0.25) is 0 Å². The first-order valence-corrected chi connectivity index (χ1v) is 10.8. The molecule has 3 aromatic rings. The minimum Gasteiger partial charge on any atom is -0.454 e. The SMILES string of the molecule is CCc1ccc(CCc2c[nH]c3cccc(O[C@]4(O)[C@@H](O)O[C@H](CO)[C@@H](O)[C@@H]4O)c23)cc1. The van der Waals surface area contributed by atoms with Crippen molar-refractivity contribution in [2.75, 3.05) is 6.61 Å². The van der Waals surface area contributed by atoms with Gasteiger partial charge in [-0.05, 0) is 48.1 Å². The van der Waals surface area contributed by atoms with Crippen LogP contribution < -0.4 is 4.74 Å². The van der Waals surface area contributed by atoms with E-state index in [2.05, 4.69) is 36.2 Å². The number of aliphatic hydroxyl groups is 5. The molecule has 2 aromatic carbocycles. The molecule has 8 nitrogen and oxygen atoms in total. The first-order chi connectivity index (χ1) is 15.4. The molecule has 4 rings (SSSR count). The van der Waals surface area contributed by atoms with Gasteiger partial charge < -0.3 is 40.0 Å². The Labute approximate surface area is 185 Å². The number of nitrogens with one attached hydrogen (secondary N) is 1. The van der Waals surface area contributed by atoms with Gasteiger partial charge in [-0.15, -0.1) is 0 Å². The van der Waals surface area contributed by atoms with Crippen molar-refractivity contribution < 1.29 is 35.0 Å². The van der Waals surface area contributed by atoms with Crippen molar-refractivity contribution in [3.8, 4) is 5.75 Å². The summed E-state index contributed by atoms with van der Waals surface area (Å²) in [6.45, 7) is 1.48. The molecule has 0 radical (unpaired) electrons. The normalized spacial score (nSPS) is 28.2. The fraction of sp³-hybridized carbons (Fsp3) is 0.417. The van der Waals surface area contributed by atoms with Crippen LogP contribution in [0.1, 0.15) is 23.6 Å². The number of ether oxygens (including phenoxy) is 2. The van der Waals surface area contributed by atoms with Crippen LogP contribution >= 0.6 is 0 Å². The predicted octanol–water partition coefficient (Wildman–Crippen LogP) is 1.01. The van der Waals surface area contributed by atoms with Crippen molar-refractivity contribution >= 4 is 10.9 Å². The molecule has 0 unspecified atom stereocenters. The number of rotatable bonds is 7. The summed E-state index contributed by atoms with van der Waals surface area (Å²) in [4.78, 5) is 3.18. The Morgan fingerprint density at radius 3 is 2.44 bits per heavy atom. The van der Waals surface area contributed by atoms with E-state index in [1.54, 1.807) is 12.1 Å². The topological polar surface area (TPSA) is 135 Å². The van der Waals surface area contributed by atoms with Crippen LogP contribution in [0.25, 0.3) is 10.9 Å². The summed E-state index contributed by atoms with van der Waals surface area (Å²) in [6.07, 6.45) is -2.44. The lowest BCUT2D eigenvalue weighted by Gasteiger charge is -2.45. The molecule has 6 N–H and O–H groups in total. The number of fused-ring (bicyclic) bond motifs is 1. The number of hydrogen-bond acceptors (Lipinski definition) is 7. The third-order valence-corrected chi connectivity index (χ3v) is 6.10. The third kappa shape index (κ3) is 4.13. The van der Waals surface area contributed by atoms with E-state index in [0.717, 1.165) is 23.9 Å². The monoisotopic (exact) mass is 443 g/mol. The summed E-state index contributed by atoms with van der Waals surface area (Å²) in [5.74, 6) is -2.40. The van der Waals surface area contributed by atoms with Crippen LogP contribution in [0.15, 0.2) is 48.7 Å². The molecule has 1 saturated heterocycles. The Bertz CT molecular complexity index is 1050. The lowest BCUT2D eigenvalue weighted by molar-refractivity contribution is -0.385. The van der Waals surface area contributed by atoms with Crippen LogP contribution in [0.5, 0.6) is 5.75 Å². The number of hydrogen-bond donors (Lipinski definition) is 6. The van der Waals surface area contributed by atoms with Gasteiger partial charge in [0.1, 0.15) is 18.0 Å². The van der Waals surface area contributed by atoms with Crippen LogP contribution in [0.3, 0.4) is 0 Å². The average Bonchev–Trinajstić information content (AvgIpc) is 3.23. The number of benzene rings is 2. The van der Waals surface area contributed by atoms with E-state index < -0.39 is 37.0 Å². The minimum atomic E-state index is -2.62. The quantitative estimate of drug-likeness (QED) is 0.300. The maximum absolute atomic E-state index is 10.9. The highest BCUT2D eigenvalue weighted by Crippen LogP contribution is 2.36. The molecular weight excluding hydrogens is 414 g/mol.